The maximum absolute atomic E-state index is 13.0. The van der Waals surface area contributed by atoms with Crippen LogP contribution in [-0.4, -0.2) is 42.6 Å². The fraction of sp³-hybridized carbons (Fsp3) is 0.143. The summed E-state index contributed by atoms with van der Waals surface area (Å²) < 4.78 is 10.5. The molecule has 30 heavy (non-hydrogen) atoms. The molecule has 9 nitrogen and oxygen atoms in total. The highest BCUT2D eigenvalue weighted by Gasteiger charge is 2.37. The highest BCUT2D eigenvalue weighted by molar-refractivity contribution is 6.39. The number of methoxy groups -OCH3 is 1. The highest BCUT2D eigenvalue weighted by Crippen LogP contribution is 2.27. The molecular formula is C21H18N2O7. The first-order chi connectivity index (χ1) is 14.3. The minimum Gasteiger partial charge on any atom is -0.497 e. The molecule has 0 aliphatic carbocycles. The number of imide groups is 2. The Hall–Kier alpha value is -4.14. The van der Waals surface area contributed by atoms with Crippen LogP contribution in [-0.2, 0) is 9.59 Å². The van der Waals surface area contributed by atoms with E-state index in [-0.39, 0.29) is 22.4 Å². The number of rotatable bonds is 6. The molecule has 0 radical (unpaired) electrons. The third kappa shape index (κ3) is 4.00. The number of nitrogens with one attached hydrogen (secondary N) is 1. The van der Waals surface area contributed by atoms with Crippen molar-refractivity contribution in [3.8, 4) is 11.5 Å². The van der Waals surface area contributed by atoms with E-state index >= 15 is 0 Å². The highest BCUT2D eigenvalue weighted by atomic mass is 16.5. The molecule has 9 heteroatoms. The zero-order valence-corrected chi connectivity index (χ0v) is 16.2. The molecule has 0 bridgehead atoms. The van der Waals surface area contributed by atoms with E-state index in [9.17, 15) is 24.3 Å². The molecule has 1 aliphatic heterocycles. The van der Waals surface area contributed by atoms with Gasteiger partial charge in [-0.15, -0.1) is 0 Å². The first-order valence-corrected chi connectivity index (χ1v) is 8.91. The van der Waals surface area contributed by atoms with Crippen molar-refractivity contribution in [2.75, 3.05) is 18.6 Å². The van der Waals surface area contributed by atoms with Crippen LogP contribution in [0.5, 0.6) is 11.5 Å². The minimum atomic E-state index is -1.17. The van der Waals surface area contributed by atoms with Crippen molar-refractivity contribution in [1.29, 1.82) is 0 Å². The Bertz CT molecular complexity index is 1060. The number of barbiturate groups is 1. The molecular weight excluding hydrogens is 392 g/mol. The molecule has 0 aromatic heterocycles. The van der Waals surface area contributed by atoms with Crippen LogP contribution in [0.4, 0.5) is 10.5 Å². The number of hydrogen-bond donors (Lipinski definition) is 2. The normalized spacial score (nSPS) is 15.2. The number of ether oxygens (including phenoxy) is 2. The minimum absolute atomic E-state index is 0.0444. The summed E-state index contributed by atoms with van der Waals surface area (Å²) in [6.45, 7) is 2.03. The quantitative estimate of drug-likeness (QED) is 0.554. The molecule has 4 amide bonds. The Labute approximate surface area is 171 Å². The molecule has 154 valence electrons. The van der Waals surface area contributed by atoms with Crippen molar-refractivity contribution in [1.82, 2.24) is 5.32 Å². The number of nitrogens with zero attached hydrogens (tertiary/aromatic N) is 1. The number of urea groups is 1. The Morgan fingerprint density at radius 3 is 2.43 bits per heavy atom. The standard InChI is InChI=1S/C21H18N2O7/c1-3-30-17-9-4-12(20(26)27)10-13(17)11-16-18(24)22-21(28)23(19(16)25)14-5-7-15(29-2)8-6-14/h4-11H,3H2,1-2H3,(H,26,27)(H,22,24,28)/b16-11+. The zero-order valence-electron chi connectivity index (χ0n) is 16.2. The van der Waals surface area contributed by atoms with E-state index < -0.39 is 23.8 Å². The largest absolute Gasteiger partial charge is 0.497 e. The summed E-state index contributed by atoms with van der Waals surface area (Å²) in [5.74, 6) is -2.09. The van der Waals surface area contributed by atoms with Gasteiger partial charge in [-0.1, -0.05) is 0 Å². The number of anilines is 1. The van der Waals surface area contributed by atoms with Crippen molar-refractivity contribution >= 4 is 35.6 Å². The van der Waals surface area contributed by atoms with Gasteiger partial charge in [-0.25, -0.2) is 14.5 Å². The van der Waals surface area contributed by atoms with Crippen LogP contribution < -0.4 is 19.7 Å². The average Bonchev–Trinajstić information content (AvgIpc) is 2.72. The van der Waals surface area contributed by atoms with Crippen LogP contribution in [0.2, 0.25) is 0 Å². The van der Waals surface area contributed by atoms with E-state index in [2.05, 4.69) is 5.32 Å². The number of carbonyl (C=O) groups is 4. The molecule has 2 N–H and O–H groups in total. The fourth-order valence-corrected chi connectivity index (χ4v) is 2.86. The summed E-state index contributed by atoms with van der Waals surface area (Å²) in [6, 6.07) is 9.33. The lowest BCUT2D eigenvalue weighted by molar-refractivity contribution is -0.122. The van der Waals surface area contributed by atoms with Crippen LogP contribution >= 0.6 is 0 Å². The van der Waals surface area contributed by atoms with E-state index in [1.807, 2.05) is 0 Å². The number of amides is 4. The maximum Gasteiger partial charge on any atom is 0.335 e. The second kappa shape index (κ2) is 8.48. The van der Waals surface area contributed by atoms with Crippen LogP contribution in [0.3, 0.4) is 0 Å². The Balaban J connectivity index is 2.06. The zero-order chi connectivity index (χ0) is 21.8. The summed E-state index contributed by atoms with van der Waals surface area (Å²) in [6.07, 6.45) is 1.21. The average molecular weight is 410 g/mol. The second-order valence-corrected chi connectivity index (χ2v) is 6.15. The maximum atomic E-state index is 13.0. The summed E-state index contributed by atoms with van der Waals surface area (Å²) >= 11 is 0. The van der Waals surface area contributed by atoms with Gasteiger partial charge >= 0.3 is 12.0 Å². The van der Waals surface area contributed by atoms with E-state index in [1.165, 1.54) is 43.5 Å². The molecule has 3 rings (SSSR count). The van der Waals surface area contributed by atoms with Crippen LogP contribution in [0.15, 0.2) is 48.0 Å². The van der Waals surface area contributed by atoms with E-state index in [1.54, 1.807) is 19.1 Å². The topological polar surface area (TPSA) is 122 Å². The smallest absolute Gasteiger partial charge is 0.335 e. The van der Waals surface area contributed by atoms with Gasteiger partial charge < -0.3 is 14.6 Å². The molecule has 1 heterocycles. The number of hydrogen-bond acceptors (Lipinski definition) is 6. The van der Waals surface area contributed by atoms with Gasteiger partial charge in [0.05, 0.1) is 25.0 Å². The lowest BCUT2D eigenvalue weighted by Gasteiger charge is -2.26. The first kappa shape index (κ1) is 20.6. The van der Waals surface area contributed by atoms with Gasteiger partial charge in [-0.05, 0) is 55.5 Å². The molecule has 2 aromatic carbocycles. The number of carboxylic acids is 1. The fourth-order valence-electron chi connectivity index (χ4n) is 2.86. The van der Waals surface area contributed by atoms with E-state index in [0.717, 1.165) is 4.90 Å². The van der Waals surface area contributed by atoms with Gasteiger partial charge in [-0.3, -0.25) is 14.9 Å². The van der Waals surface area contributed by atoms with Gasteiger partial charge in [0.1, 0.15) is 17.1 Å². The predicted molar refractivity (Wildman–Crippen MR) is 107 cm³/mol. The SMILES string of the molecule is CCOc1ccc(C(=O)O)cc1/C=C1\C(=O)NC(=O)N(c2ccc(OC)cc2)C1=O. The van der Waals surface area contributed by atoms with E-state index in [0.29, 0.717) is 18.1 Å². The molecule has 0 unspecified atom stereocenters. The number of carboxylic acid groups (broad SMARTS) is 1. The van der Waals surface area contributed by atoms with Crippen molar-refractivity contribution in [2.24, 2.45) is 0 Å². The lowest BCUT2D eigenvalue weighted by atomic mass is 10.0. The third-order valence-corrected chi connectivity index (χ3v) is 4.29. The number of benzene rings is 2. The number of carbonyl (C=O) groups excluding carboxylic acids is 3. The molecule has 0 saturated carbocycles. The summed E-state index contributed by atoms with van der Waals surface area (Å²) in [5, 5.41) is 11.4. The van der Waals surface area contributed by atoms with Gasteiger partial charge in [0.2, 0.25) is 0 Å². The second-order valence-electron chi connectivity index (χ2n) is 6.15. The molecule has 0 atom stereocenters. The molecule has 1 fully saturated rings. The van der Waals surface area contributed by atoms with Gasteiger partial charge in [0, 0.05) is 5.56 Å². The summed E-state index contributed by atoms with van der Waals surface area (Å²) in [7, 11) is 1.48. The Morgan fingerprint density at radius 1 is 1.13 bits per heavy atom. The van der Waals surface area contributed by atoms with Crippen molar-refractivity contribution in [2.45, 2.75) is 6.92 Å². The van der Waals surface area contributed by atoms with Crippen molar-refractivity contribution in [3.05, 3.63) is 59.2 Å². The molecule has 1 aliphatic rings. The predicted octanol–water partition coefficient (Wildman–Crippen LogP) is 2.46. The van der Waals surface area contributed by atoms with Crippen molar-refractivity contribution in [3.63, 3.8) is 0 Å². The Kier molecular flexibility index (Phi) is 5.82. The van der Waals surface area contributed by atoms with Gasteiger partial charge in [-0.2, -0.15) is 0 Å². The number of aromatic carboxylic acids is 1. The van der Waals surface area contributed by atoms with E-state index in [4.69, 9.17) is 9.47 Å². The van der Waals surface area contributed by atoms with Crippen molar-refractivity contribution < 1.29 is 33.8 Å². The summed E-state index contributed by atoms with van der Waals surface area (Å²) in [5.41, 5.74) is 0.0752. The summed E-state index contributed by atoms with van der Waals surface area (Å²) in [4.78, 5) is 49.8. The molecule has 1 saturated heterocycles. The molecule has 2 aromatic rings. The first-order valence-electron chi connectivity index (χ1n) is 8.91. The molecule has 0 spiro atoms. The van der Waals surface area contributed by atoms with Gasteiger partial charge in [0.25, 0.3) is 11.8 Å². The lowest BCUT2D eigenvalue weighted by Crippen LogP contribution is -2.54. The monoisotopic (exact) mass is 410 g/mol. The van der Waals surface area contributed by atoms with Crippen LogP contribution in [0.1, 0.15) is 22.8 Å². The Morgan fingerprint density at radius 2 is 1.83 bits per heavy atom. The third-order valence-electron chi connectivity index (χ3n) is 4.29. The van der Waals surface area contributed by atoms with Crippen LogP contribution in [0, 0.1) is 0 Å². The van der Waals surface area contributed by atoms with Gasteiger partial charge in [0.15, 0.2) is 0 Å². The van der Waals surface area contributed by atoms with Crippen LogP contribution in [0.25, 0.3) is 6.08 Å².